The summed E-state index contributed by atoms with van der Waals surface area (Å²) < 4.78 is 0.703. The Morgan fingerprint density at radius 1 is 1.47 bits per heavy atom. The number of carbonyl (C=O) groups is 1. The van der Waals surface area contributed by atoms with Gasteiger partial charge in [-0.3, -0.25) is 14.7 Å². The van der Waals surface area contributed by atoms with Gasteiger partial charge in [0.2, 0.25) is 5.91 Å². The number of nitrogens with zero attached hydrogens (tertiary/aromatic N) is 2. The topological polar surface area (TPSA) is 33.2 Å². The van der Waals surface area contributed by atoms with Crippen molar-refractivity contribution in [2.45, 2.75) is 6.42 Å². The molecule has 0 spiro atoms. The Labute approximate surface area is 97.9 Å². The number of carbonyl (C=O) groups excluding carboxylic acids is 1. The summed E-state index contributed by atoms with van der Waals surface area (Å²) in [6, 6.07) is 3.91. The molecule has 0 unspecified atom stereocenters. The summed E-state index contributed by atoms with van der Waals surface area (Å²) in [6.07, 6.45) is 4.34. The molecule has 0 N–H and O–H groups in total. The smallest absolute Gasteiger partial charge is 0.238 e. The van der Waals surface area contributed by atoms with E-state index >= 15 is 0 Å². The third-order valence-corrected chi connectivity index (χ3v) is 3.65. The van der Waals surface area contributed by atoms with Crippen LogP contribution < -0.4 is 0 Å². The fourth-order valence-corrected chi connectivity index (χ4v) is 2.51. The van der Waals surface area contributed by atoms with E-state index in [0.717, 1.165) is 6.42 Å². The number of amides is 1. The van der Waals surface area contributed by atoms with Crippen LogP contribution in [0.1, 0.15) is 5.56 Å². The van der Waals surface area contributed by atoms with Gasteiger partial charge < -0.3 is 0 Å². The lowest BCUT2D eigenvalue weighted by Crippen LogP contribution is -2.30. The van der Waals surface area contributed by atoms with Crippen LogP contribution in [0.5, 0.6) is 0 Å². The van der Waals surface area contributed by atoms with Gasteiger partial charge in [0.15, 0.2) is 0 Å². The summed E-state index contributed by atoms with van der Waals surface area (Å²) in [7, 11) is 0. The second-order valence-corrected chi connectivity index (χ2v) is 4.81. The highest BCUT2D eigenvalue weighted by Gasteiger charge is 2.25. The minimum atomic E-state index is 0.124. The fraction of sp³-hybridized carbons (Fsp3) is 0.300. The third kappa shape index (κ3) is 2.54. The van der Waals surface area contributed by atoms with Crippen LogP contribution in [0.15, 0.2) is 24.5 Å². The maximum atomic E-state index is 11.4. The van der Waals surface area contributed by atoms with Crippen molar-refractivity contribution >= 4 is 34.2 Å². The molecule has 15 heavy (non-hydrogen) atoms. The first kappa shape index (κ1) is 10.6. The summed E-state index contributed by atoms with van der Waals surface area (Å²) in [5.74, 6) is 0.619. The largest absolute Gasteiger partial charge is 0.297 e. The molecule has 2 rings (SSSR count). The van der Waals surface area contributed by atoms with Crippen LogP contribution in [-0.2, 0) is 11.2 Å². The highest BCUT2D eigenvalue weighted by Crippen LogP contribution is 2.19. The van der Waals surface area contributed by atoms with E-state index in [1.54, 1.807) is 17.3 Å². The van der Waals surface area contributed by atoms with E-state index in [4.69, 9.17) is 12.2 Å². The van der Waals surface area contributed by atoms with Crippen LogP contribution in [-0.4, -0.2) is 32.4 Å². The quantitative estimate of drug-likeness (QED) is 0.747. The maximum absolute atomic E-state index is 11.4. The monoisotopic (exact) mass is 238 g/mol. The van der Waals surface area contributed by atoms with Crippen LogP contribution >= 0.6 is 24.0 Å². The van der Waals surface area contributed by atoms with E-state index in [1.807, 2.05) is 12.1 Å². The van der Waals surface area contributed by atoms with Gasteiger partial charge in [-0.15, -0.1) is 0 Å². The zero-order valence-corrected chi connectivity index (χ0v) is 9.68. The molecule has 1 saturated heterocycles. The van der Waals surface area contributed by atoms with Gasteiger partial charge in [0.05, 0.1) is 5.75 Å². The van der Waals surface area contributed by atoms with Crippen LogP contribution in [0.2, 0.25) is 0 Å². The summed E-state index contributed by atoms with van der Waals surface area (Å²) in [5, 5.41) is 0. The molecule has 1 amide bonds. The van der Waals surface area contributed by atoms with Crippen molar-refractivity contribution in [2.75, 3.05) is 12.3 Å². The molecule has 0 atom stereocenters. The molecule has 1 aliphatic heterocycles. The molecule has 1 aromatic rings. The standard InChI is InChI=1S/C10H10N2OS2/c13-9-7-15-10(14)12(9)6-3-8-1-4-11-5-2-8/h1-2,4-5H,3,6-7H2. The summed E-state index contributed by atoms with van der Waals surface area (Å²) in [6.45, 7) is 0.675. The molecule has 2 heterocycles. The lowest BCUT2D eigenvalue weighted by molar-refractivity contribution is -0.123. The molecular weight excluding hydrogens is 228 g/mol. The van der Waals surface area contributed by atoms with Gasteiger partial charge in [-0.25, -0.2) is 0 Å². The van der Waals surface area contributed by atoms with Crippen molar-refractivity contribution in [1.29, 1.82) is 0 Å². The van der Waals surface area contributed by atoms with Crippen molar-refractivity contribution in [3.05, 3.63) is 30.1 Å². The zero-order valence-electron chi connectivity index (χ0n) is 8.05. The Bertz CT molecular complexity index is 364. The number of thiocarbonyl (C=S) groups is 1. The SMILES string of the molecule is O=C1CSC(=S)N1CCc1ccncc1. The number of hydrogen-bond donors (Lipinski definition) is 0. The highest BCUT2D eigenvalue weighted by molar-refractivity contribution is 8.23. The predicted octanol–water partition coefficient (Wildman–Crippen LogP) is 1.48. The van der Waals surface area contributed by atoms with Gasteiger partial charge in [0, 0.05) is 18.9 Å². The first-order valence-electron chi connectivity index (χ1n) is 4.63. The van der Waals surface area contributed by atoms with Crippen LogP contribution in [0.4, 0.5) is 0 Å². The lowest BCUT2D eigenvalue weighted by Gasteiger charge is -2.14. The second-order valence-electron chi connectivity index (χ2n) is 3.21. The molecule has 1 aliphatic rings. The first-order chi connectivity index (χ1) is 7.27. The van der Waals surface area contributed by atoms with E-state index in [1.165, 1.54) is 17.3 Å². The second kappa shape index (κ2) is 4.72. The van der Waals surface area contributed by atoms with Gasteiger partial charge in [-0.1, -0.05) is 24.0 Å². The summed E-state index contributed by atoms with van der Waals surface area (Å²) in [5.41, 5.74) is 1.18. The Morgan fingerprint density at radius 2 is 2.20 bits per heavy atom. The van der Waals surface area contributed by atoms with Crippen LogP contribution in [0, 0.1) is 0 Å². The number of rotatable bonds is 3. The number of aromatic nitrogens is 1. The maximum Gasteiger partial charge on any atom is 0.238 e. The van der Waals surface area contributed by atoms with Crippen molar-refractivity contribution < 1.29 is 4.79 Å². The molecule has 0 aliphatic carbocycles. The minimum absolute atomic E-state index is 0.124. The fourth-order valence-electron chi connectivity index (χ4n) is 1.39. The van der Waals surface area contributed by atoms with Gasteiger partial charge >= 0.3 is 0 Å². The molecule has 5 heteroatoms. The van der Waals surface area contributed by atoms with E-state index in [0.29, 0.717) is 16.6 Å². The lowest BCUT2D eigenvalue weighted by atomic mass is 10.2. The van der Waals surface area contributed by atoms with Gasteiger partial charge in [0.25, 0.3) is 0 Å². The van der Waals surface area contributed by atoms with E-state index in [-0.39, 0.29) is 5.91 Å². The van der Waals surface area contributed by atoms with E-state index in [2.05, 4.69) is 4.98 Å². The molecule has 0 saturated carbocycles. The summed E-state index contributed by atoms with van der Waals surface area (Å²) in [4.78, 5) is 17.0. The molecule has 1 aromatic heterocycles. The third-order valence-electron chi connectivity index (χ3n) is 2.21. The molecule has 0 bridgehead atoms. The molecule has 3 nitrogen and oxygen atoms in total. The Kier molecular flexibility index (Phi) is 3.33. The molecule has 1 fully saturated rings. The van der Waals surface area contributed by atoms with Crippen LogP contribution in [0.3, 0.4) is 0 Å². The average molecular weight is 238 g/mol. The number of pyridine rings is 1. The molecule has 0 aromatic carbocycles. The Morgan fingerprint density at radius 3 is 2.80 bits per heavy atom. The minimum Gasteiger partial charge on any atom is -0.297 e. The van der Waals surface area contributed by atoms with Gasteiger partial charge in [0.1, 0.15) is 4.32 Å². The number of thioether (sulfide) groups is 1. The van der Waals surface area contributed by atoms with Crippen LogP contribution in [0.25, 0.3) is 0 Å². The van der Waals surface area contributed by atoms with Crippen molar-refractivity contribution in [1.82, 2.24) is 9.88 Å². The highest BCUT2D eigenvalue weighted by atomic mass is 32.2. The molecule has 78 valence electrons. The molecular formula is C10H10N2OS2. The Hall–Kier alpha value is -0.940. The van der Waals surface area contributed by atoms with Crippen molar-refractivity contribution in [2.24, 2.45) is 0 Å². The Balaban J connectivity index is 1.93. The zero-order chi connectivity index (χ0) is 10.7. The van der Waals surface area contributed by atoms with E-state index < -0.39 is 0 Å². The average Bonchev–Trinajstić information content (AvgIpc) is 2.58. The summed E-state index contributed by atoms with van der Waals surface area (Å²) >= 11 is 6.53. The number of hydrogen-bond acceptors (Lipinski definition) is 4. The van der Waals surface area contributed by atoms with E-state index in [9.17, 15) is 4.79 Å². The molecule has 0 radical (unpaired) electrons. The van der Waals surface area contributed by atoms with Gasteiger partial charge in [-0.05, 0) is 24.1 Å². The normalized spacial score (nSPS) is 16.1. The first-order valence-corrected chi connectivity index (χ1v) is 6.03. The van der Waals surface area contributed by atoms with Gasteiger partial charge in [-0.2, -0.15) is 0 Å². The van der Waals surface area contributed by atoms with Crippen molar-refractivity contribution in [3.63, 3.8) is 0 Å². The van der Waals surface area contributed by atoms with Crippen molar-refractivity contribution in [3.8, 4) is 0 Å². The predicted molar refractivity (Wildman–Crippen MR) is 64.7 cm³/mol.